The highest BCUT2D eigenvalue weighted by atomic mass is 16.3. The van der Waals surface area contributed by atoms with E-state index in [0.29, 0.717) is 12.6 Å². The number of aromatic nitrogens is 1. The van der Waals surface area contributed by atoms with Crippen molar-refractivity contribution in [2.45, 2.75) is 38.8 Å². The molecule has 0 bridgehead atoms. The summed E-state index contributed by atoms with van der Waals surface area (Å²) in [5.41, 5.74) is 0.723. The number of carbonyl (C=O) groups is 1. The van der Waals surface area contributed by atoms with Crippen LogP contribution in [0.1, 0.15) is 43.2 Å². The van der Waals surface area contributed by atoms with Gasteiger partial charge in [0.05, 0.1) is 6.61 Å². The molecule has 0 saturated heterocycles. The maximum atomic E-state index is 12.4. The number of hydrogen-bond acceptors (Lipinski definition) is 2. The fraction of sp³-hybridized carbons (Fsp3) is 0.615. The van der Waals surface area contributed by atoms with Crippen LogP contribution in [0.25, 0.3) is 0 Å². The predicted molar refractivity (Wildman–Crippen MR) is 66.0 cm³/mol. The summed E-state index contributed by atoms with van der Waals surface area (Å²) < 4.78 is 1.98. The van der Waals surface area contributed by atoms with Gasteiger partial charge in [0.1, 0.15) is 5.69 Å². The van der Waals surface area contributed by atoms with Crippen molar-refractivity contribution in [3.63, 3.8) is 0 Å². The first-order valence-corrected chi connectivity index (χ1v) is 6.23. The zero-order valence-electron chi connectivity index (χ0n) is 10.5. The van der Waals surface area contributed by atoms with E-state index in [2.05, 4.69) is 13.8 Å². The highest BCUT2D eigenvalue weighted by Crippen LogP contribution is 2.28. The SMILES string of the molecule is CC(C)n1cccc1C(=O)N(CCO)C1CC1. The van der Waals surface area contributed by atoms with Gasteiger partial charge in [-0.15, -0.1) is 0 Å². The molecule has 1 aliphatic rings. The molecule has 0 aliphatic heterocycles. The lowest BCUT2D eigenvalue weighted by Crippen LogP contribution is -2.36. The summed E-state index contributed by atoms with van der Waals surface area (Å²) >= 11 is 0. The number of carbonyl (C=O) groups excluding carboxylic acids is 1. The first kappa shape index (κ1) is 12.2. The largest absolute Gasteiger partial charge is 0.395 e. The predicted octanol–water partition coefficient (Wildman–Crippen LogP) is 1.67. The second-order valence-corrected chi connectivity index (χ2v) is 4.85. The van der Waals surface area contributed by atoms with Crippen LogP contribution >= 0.6 is 0 Å². The van der Waals surface area contributed by atoms with Crippen molar-refractivity contribution >= 4 is 5.91 Å². The molecular formula is C13H20N2O2. The Morgan fingerprint density at radius 2 is 2.29 bits per heavy atom. The molecule has 0 aromatic carbocycles. The molecule has 2 rings (SSSR count). The number of rotatable bonds is 5. The van der Waals surface area contributed by atoms with E-state index in [0.717, 1.165) is 18.5 Å². The Kier molecular flexibility index (Phi) is 3.52. The molecule has 1 aromatic rings. The van der Waals surface area contributed by atoms with Crippen LogP contribution in [0.15, 0.2) is 18.3 Å². The van der Waals surface area contributed by atoms with E-state index >= 15 is 0 Å². The Balaban J connectivity index is 2.19. The number of aliphatic hydroxyl groups is 1. The van der Waals surface area contributed by atoms with Crippen molar-refractivity contribution in [3.8, 4) is 0 Å². The van der Waals surface area contributed by atoms with Crippen molar-refractivity contribution in [3.05, 3.63) is 24.0 Å². The number of hydrogen-bond donors (Lipinski definition) is 1. The van der Waals surface area contributed by atoms with Gasteiger partial charge in [-0.2, -0.15) is 0 Å². The van der Waals surface area contributed by atoms with Gasteiger partial charge in [0, 0.05) is 24.8 Å². The minimum absolute atomic E-state index is 0.0324. The maximum Gasteiger partial charge on any atom is 0.270 e. The second kappa shape index (κ2) is 4.92. The molecule has 0 radical (unpaired) electrons. The molecule has 1 aromatic heterocycles. The summed E-state index contributed by atoms with van der Waals surface area (Å²) in [5.74, 6) is 0.0419. The molecule has 0 atom stereocenters. The molecule has 1 fully saturated rings. The Bertz CT molecular complexity index is 394. The van der Waals surface area contributed by atoms with Crippen molar-refractivity contribution in [1.29, 1.82) is 0 Å². The van der Waals surface area contributed by atoms with Crippen LogP contribution in [-0.2, 0) is 0 Å². The van der Waals surface area contributed by atoms with Gasteiger partial charge >= 0.3 is 0 Å². The van der Waals surface area contributed by atoms with E-state index in [1.54, 1.807) is 4.90 Å². The zero-order chi connectivity index (χ0) is 12.4. The van der Waals surface area contributed by atoms with Gasteiger partial charge in [0.15, 0.2) is 0 Å². The highest BCUT2D eigenvalue weighted by Gasteiger charge is 2.33. The van der Waals surface area contributed by atoms with Gasteiger partial charge in [-0.3, -0.25) is 4.79 Å². The van der Waals surface area contributed by atoms with Crippen LogP contribution in [0.5, 0.6) is 0 Å². The lowest BCUT2D eigenvalue weighted by Gasteiger charge is -2.23. The van der Waals surface area contributed by atoms with Crippen LogP contribution in [-0.4, -0.2) is 39.7 Å². The lowest BCUT2D eigenvalue weighted by molar-refractivity contribution is 0.0695. The molecule has 4 heteroatoms. The fourth-order valence-electron chi connectivity index (χ4n) is 2.12. The average molecular weight is 236 g/mol. The van der Waals surface area contributed by atoms with E-state index in [-0.39, 0.29) is 18.6 Å². The van der Waals surface area contributed by atoms with Crippen LogP contribution in [0.3, 0.4) is 0 Å². The minimum atomic E-state index is 0.0324. The van der Waals surface area contributed by atoms with Crippen LogP contribution in [0, 0.1) is 0 Å². The van der Waals surface area contributed by atoms with Crippen LogP contribution in [0.4, 0.5) is 0 Å². The van der Waals surface area contributed by atoms with Gasteiger partial charge in [-0.05, 0) is 38.8 Å². The molecule has 1 N–H and O–H groups in total. The molecule has 17 heavy (non-hydrogen) atoms. The van der Waals surface area contributed by atoms with E-state index in [1.165, 1.54) is 0 Å². The summed E-state index contributed by atoms with van der Waals surface area (Å²) in [6.45, 7) is 4.59. The maximum absolute atomic E-state index is 12.4. The lowest BCUT2D eigenvalue weighted by atomic mass is 10.3. The molecule has 4 nitrogen and oxygen atoms in total. The quantitative estimate of drug-likeness (QED) is 0.845. The van der Waals surface area contributed by atoms with E-state index in [4.69, 9.17) is 5.11 Å². The van der Waals surface area contributed by atoms with E-state index in [9.17, 15) is 4.79 Å². The molecule has 0 spiro atoms. The third-order valence-electron chi connectivity index (χ3n) is 3.14. The van der Waals surface area contributed by atoms with Crippen LogP contribution in [0.2, 0.25) is 0 Å². The summed E-state index contributed by atoms with van der Waals surface area (Å²) in [6.07, 6.45) is 4.06. The summed E-state index contributed by atoms with van der Waals surface area (Å²) in [4.78, 5) is 14.2. The molecule has 0 unspecified atom stereocenters. The number of aliphatic hydroxyl groups excluding tert-OH is 1. The van der Waals surface area contributed by atoms with Crippen molar-refractivity contribution in [2.75, 3.05) is 13.2 Å². The first-order chi connectivity index (χ1) is 8.15. The van der Waals surface area contributed by atoms with Crippen LogP contribution < -0.4 is 0 Å². The Morgan fingerprint density at radius 1 is 1.59 bits per heavy atom. The normalized spacial score (nSPS) is 15.3. The third kappa shape index (κ3) is 2.52. The number of nitrogens with zero attached hydrogens (tertiary/aromatic N) is 2. The van der Waals surface area contributed by atoms with Crippen molar-refractivity contribution < 1.29 is 9.90 Å². The molecule has 1 amide bonds. The molecular weight excluding hydrogens is 216 g/mol. The average Bonchev–Trinajstić information content (AvgIpc) is 3.00. The Morgan fingerprint density at radius 3 is 2.82 bits per heavy atom. The van der Waals surface area contributed by atoms with Gasteiger partial charge in [0.25, 0.3) is 5.91 Å². The van der Waals surface area contributed by atoms with Gasteiger partial charge in [0.2, 0.25) is 0 Å². The van der Waals surface area contributed by atoms with E-state index in [1.807, 2.05) is 22.9 Å². The smallest absolute Gasteiger partial charge is 0.270 e. The van der Waals surface area contributed by atoms with E-state index < -0.39 is 0 Å². The van der Waals surface area contributed by atoms with Gasteiger partial charge in [-0.25, -0.2) is 0 Å². The van der Waals surface area contributed by atoms with Crippen molar-refractivity contribution in [2.24, 2.45) is 0 Å². The standard InChI is InChI=1S/C13H20N2O2/c1-10(2)14-7-3-4-12(14)13(17)15(8-9-16)11-5-6-11/h3-4,7,10-11,16H,5-6,8-9H2,1-2H3. The monoisotopic (exact) mass is 236 g/mol. The minimum Gasteiger partial charge on any atom is -0.395 e. The topological polar surface area (TPSA) is 45.5 Å². The Hall–Kier alpha value is -1.29. The van der Waals surface area contributed by atoms with Gasteiger partial charge in [-0.1, -0.05) is 0 Å². The molecule has 1 heterocycles. The van der Waals surface area contributed by atoms with Crippen molar-refractivity contribution in [1.82, 2.24) is 9.47 Å². The van der Waals surface area contributed by atoms with Gasteiger partial charge < -0.3 is 14.6 Å². The first-order valence-electron chi connectivity index (χ1n) is 6.23. The zero-order valence-corrected chi connectivity index (χ0v) is 10.5. The molecule has 94 valence electrons. The number of amides is 1. The second-order valence-electron chi connectivity index (χ2n) is 4.85. The summed E-state index contributed by atoms with van der Waals surface area (Å²) in [6, 6.07) is 4.37. The Labute approximate surface area is 102 Å². The fourth-order valence-corrected chi connectivity index (χ4v) is 2.12. The molecule has 1 saturated carbocycles. The third-order valence-corrected chi connectivity index (χ3v) is 3.14. The summed E-state index contributed by atoms with van der Waals surface area (Å²) in [5, 5.41) is 9.04. The summed E-state index contributed by atoms with van der Waals surface area (Å²) in [7, 11) is 0. The molecule has 1 aliphatic carbocycles. The highest BCUT2D eigenvalue weighted by molar-refractivity contribution is 5.93.